The number of para-hydroxylation sites is 1. The molecule has 0 aliphatic carbocycles. The number of hydrogen-bond acceptors (Lipinski definition) is 3. The van der Waals surface area contributed by atoms with E-state index < -0.39 is 5.97 Å². The van der Waals surface area contributed by atoms with Gasteiger partial charge in [0, 0.05) is 0 Å². The average molecular weight is 192 g/mol. The van der Waals surface area contributed by atoms with E-state index in [0.29, 0.717) is 0 Å². The van der Waals surface area contributed by atoms with Gasteiger partial charge in [0.15, 0.2) is 0 Å². The first kappa shape index (κ1) is 12.1. The third-order valence-corrected chi connectivity index (χ3v) is 1.31. The number of esters is 1. The van der Waals surface area contributed by atoms with Gasteiger partial charge in [-0.3, -0.25) is 0 Å². The van der Waals surface area contributed by atoms with Crippen LogP contribution in [-0.4, -0.2) is 18.2 Å². The van der Waals surface area contributed by atoms with Gasteiger partial charge in [-0.1, -0.05) is 12.1 Å². The standard InChI is InChI=1S/C8H8O3.K.H/c1-11-8(10)6-4-2-3-5-7(6)9;;/h2-5,9H,1H3;;/q;+1;-1. The quantitative estimate of drug-likeness (QED) is 0.426. The maximum absolute atomic E-state index is 10.9. The van der Waals surface area contributed by atoms with E-state index in [1.807, 2.05) is 0 Å². The maximum atomic E-state index is 10.9. The Bertz CT molecular complexity index is 278. The van der Waals surface area contributed by atoms with E-state index in [4.69, 9.17) is 5.11 Å². The van der Waals surface area contributed by atoms with E-state index in [-0.39, 0.29) is 64.1 Å². The molecular weight excluding hydrogens is 183 g/mol. The number of carbonyl (C=O) groups excluding carboxylic acids is 1. The van der Waals surface area contributed by atoms with Crippen LogP contribution in [-0.2, 0) is 4.74 Å². The van der Waals surface area contributed by atoms with Gasteiger partial charge in [0.1, 0.15) is 11.3 Å². The molecule has 0 saturated heterocycles. The van der Waals surface area contributed by atoms with Crippen molar-refractivity contribution >= 4 is 5.97 Å². The Balaban J connectivity index is 0. The molecule has 0 aliphatic rings. The van der Waals surface area contributed by atoms with Crippen molar-refractivity contribution in [2.75, 3.05) is 7.11 Å². The summed E-state index contributed by atoms with van der Waals surface area (Å²) < 4.78 is 4.42. The summed E-state index contributed by atoms with van der Waals surface area (Å²) >= 11 is 0. The van der Waals surface area contributed by atoms with Gasteiger partial charge >= 0.3 is 57.4 Å². The Morgan fingerprint density at radius 2 is 2.08 bits per heavy atom. The molecule has 0 radical (unpaired) electrons. The Kier molecular flexibility index (Phi) is 5.78. The molecule has 0 aliphatic heterocycles. The van der Waals surface area contributed by atoms with Crippen molar-refractivity contribution in [2.24, 2.45) is 0 Å². The maximum Gasteiger partial charge on any atom is 1.00 e. The Hall–Kier alpha value is 0.126. The molecule has 0 fully saturated rings. The molecule has 12 heavy (non-hydrogen) atoms. The van der Waals surface area contributed by atoms with Crippen molar-refractivity contribution in [3.05, 3.63) is 29.8 Å². The Morgan fingerprint density at radius 3 is 2.58 bits per heavy atom. The predicted octanol–water partition coefficient (Wildman–Crippen LogP) is -1.70. The minimum absolute atomic E-state index is 0. The molecule has 1 aromatic rings. The van der Waals surface area contributed by atoms with Gasteiger partial charge in [0.25, 0.3) is 0 Å². The normalized spacial score (nSPS) is 8.42. The summed E-state index contributed by atoms with van der Waals surface area (Å²) in [4.78, 5) is 10.9. The summed E-state index contributed by atoms with van der Waals surface area (Å²) in [5.41, 5.74) is 0.190. The number of phenolic OH excluding ortho intramolecular Hbond substituents is 1. The molecule has 4 heteroatoms. The second kappa shape index (κ2) is 5.72. The second-order valence-corrected chi connectivity index (χ2v) is 2.01. The summed E-state index contributed by atoms with van der Waals surface area (Å²) in [6.07, 6.45) is 0. The molecule has 0 spiro atoms. The molecule has 1 aromatic carbocycles. The van der Waals surface area contributed by atoms with Crippen molar-refractivity contribution < 1.29 is 67.4 Å². The molecule has 0 atom stereocenters. The van der Waals surface area contributed by atoms with Crippen LogP contribution in [0.4, 0.5) is 0 Å². The Morgan fingerprint density at radius 1 is 1.50 bits per heavy atom. The van der Waals surface area contributed by atoms with E-state index in [2.05, 4.69) is 4.74 Å². The molecule has 0 bridgehead atoms. The van der Waals surface area contributed by atoms with Crippen LogP contribution < -0.4 is 51.4 Å². The number of aromatic hydroxyl groups is 1. The molecule has 60 valence electrons. The van der Waals surface area contributed by atoms with Gasteiger partial charge < -0.3 is 11.3 Å². The number of carbonyl (C=O) groups is 1. The first-order valence-electron chi connectivity index (χ1n) is 3.12. The molecule has 0 aromatic heterocycles. The fourth-order valence-electron chi connectivity index (χ4n) is 0.756. The molecule has 0 unspecified atom stereocenters. The van der Waals surface area contributed by atoms with Gasteiger partial charge in [0.2, 0.25) is 0 Å². The van der Waals surface area contributed by atoms with Crippen molar-refractivity contribution in [3.63, 3.8) is 0 Å². The largest absolute Gasteiger partial charge is 1.00 e. The minimum Gasteiger partial charge on any atom is -1.00 e. The summed E-state index contributed by atoms with van der Waals surface area (Å²) in [6.45, 7) is 0. The number of rotatable bonds is 1. The third kappa shape index (κ3) is 2.88. The van der Waals surface area contributed by atoms with E-state index in [0.717, 1.165) is 0 Å². The molecular formula is C8H9KO3. The monoisotopic (exact) mass is 192 g/mol. The van der Waals surface area contributed by atoms with Gasteiger partial charge in [-0.05, 0) is 12.1 Å². The summed E-state index contributed by atoms with van der Waals surface area (Å²) in [6, 6.07) is 6.24. The molecule has 0 saturated carbocycles. The minimum atomic E-state index is -0.525. The summed E-state index contributed by atoms with van der Waals surface area (Å²) in [7, 11) is 1.27. The first-order chi connectivity index (χ1) is 5.25. The molecule has 1 rings (SSSR count). The van der Waals surface area contributed by atoms with Crippen LogP contribution in [0.3, 0.4) is 0 Å². The number of methoxy groups -OCH3 is 1. The summed E-state index contributed by atoms with van der Waals surface area (Å²) in [5.74, 6) is -0.581. The van der Waals surface area contributed by atoms with Crippen LogP contribution in [0.1, 0.15) is 11.8 Å². The van der Waals surface area contributed by atoms with Gasteiger partial charge in [-0.25, -0.2) is 4.79 Å². The number of phenols is 1. The zero-order valence-electron chi connectivity index (χ0n) is 8.07. The van der Waals surface area contributed by atoms with Gasteiger partial charge in [-0.15, -0.1) is 0 Å². The SMILES string of the molecule is COC(=O)c1ccccc1O.[H-].[K+]. The Labute approximate surface area is 115 Å². The van der Waals surface area contributed by atoms with Crippen LogP contribution >= 0.6 is 0 Å². The zero-order chi connectivity index (χ0) is 8.27. The topological polar surface area (TPSA) is 46.5 Å². The molecule has 3 nitrogen and oxygen atoms in total. The van der Waals surface area contributed by atoms with Crippen LogP contribution in [0.5, 0.6) is 5.75 Å². The average Bonchev–Trinajstić information content (AvgIpc) is 2.04. The number of hydrogen-bond donors (Lipinski definition) is 1. The third-order valence-electron chi connectivity index (χ3n) is 1.31. The van der Waals surface area contributed by atoms with Crippen LogP contribution in [0.2, 0.25) is 0 Å². The smallest absolute Gasteiger partial charge is 1.00 e. The molecule has 1 N–H and O–H groups in total. The van der Waals surface area contributed by atoms with E-state index in [9.17, 15) is 4.79 Å². The summed E-state index contributed by atoms with van der Waals surface area (Å²) in [5, 5.41) is 9.11. The van der Waals surface area contributed by atoms with E-state index in [1.54, 1.807) is 12.1 Å². The van der Waals surface area contributed by atoms with Crippen LogP contribution in [0.15, 0.2) is 24.3 Å². The van der Waals surface area contributed by atoms with Crippen molar-refractivity contribution in [2.45, 2.75) is 0 Å². The van der Waals surface area contributed by atoms with Crippen molar-refractivity contribution in [3.8, 4) is 5.75 Å². The van der Waals surface area contributed by atoms with Gasteiger partial charge in [-0.2, -0.15) is 0 Å². The van der Waals surface area contributed by atoms with Gasteiger partial charge in [0.05, 0.1) is 7.11 Å². The van der Waals surface area contributed by atoms with Crippen LogP contribution in [0.25, 0.3) is 0 Å². The zero-order valence-corrected chi connectivity index (χ0v) is 10.2. The van der Waals surface area contributed by atoms with E-state index in [1.165, 1.54) is 19.2 Å². The molecule has 0 amide bonds. The fraction of sp³-hybridized carbons (Fsp3) is 0.125. The number of ether oxygens (including phenoxy) is 1. The number of benzene rings is 1. The second-order valence-electron chi connectivity index (χ2n) is 2.01. The first-order valence-corrected chi connectivity index (χ1v) is 3.12. The fourth-order valence-corrected chi connectivity index (χ4v) is 0.756. The van der Waals surface area contributed by atoms with E-state index >= 15 is 0 Å². The van der Waals surface area contributed by atoms with Crippen molar-refractivity contribution in [1.82, 2.24) is 0 Å². The predicted molar refractivity (Wildman–Crippen MR) is 40.6 cm³/mol. The van der Waals surface area contributed by atoms with Crippen LogP contribution in [0, 0.1) is 0 Å². The van der Waals surface area contributed by atoms with Crippen molar-refractivity contribution in [1.29, 1.82) is 0 Å². The molecule has 0 heterocycles.